The second-order valence-electron chi connectivity index (χ2n) is 4.66. The number of nitrogens with zero attached hydrogens (tertiary/aromatic N) is 4. The zero-order chi connectivity index (χ0) is 14.9. The van der Waals surface area contributed by atoms with Gasteiger partial charge in [-0.3, -0.25) is 20.7 Å². The molecule has 2 aromatic rings. The van der Waals surface area contributed by atoms with Crippen molar-refractivity contribution in [3.63, 3.8) is 0 Å². The molecule has 0 aliphatic rings. The monoisotopic (exact) mass is 282 g/mol. The summed E-state index contributed by atoms with van der Waals surface area (Å²) in [4.78, 5) is 10.6. The van der Waals surface area contributed by atoms with Gasteiger partial charge in [-0.25, -0.2) is 0 Å². The molecule has 21 heavy (non-hydrogen) atoms. The first-order chi connectivity index (χ1) is 10.3. The fourth-order valence-electron chi connectivity index (χ4n) is 2.06. The Hall–Kier alpha value is -2.49. The van der Waals surface area contributed by atoms with Crippen LogP contribution in [-0.4, -0.2) is 21.4 Å². The summed E-state index contributed by atoms with van der Waals surface area (Å²) < 4.78 is 0. The molecule has 0 saturated heterocycles. The molecular formula is C15H18N6. The van der Waals surface area contributed by atoms with Crippen LogP contribution in [0.5, 0.6) is 0 Å². The van der Waals surface area contributed by atoms with Gasteiger partial charge >= 0.3 is 0 Å². The first-order valence-corrected chi connectivity index (χ1v) is 6.71. The zero-order valence-corrected chi connectivity index (χ0v) is 11.7. The van der Waals surface area contributed by atoms with E-state index in [1.807, 2.05) is 30.5 Å². The van der Waals surface area contributed by atoms with E-state index in [9.17, 15) is 0 Å². The normalized spacial score (nSPS) is 10.3. The van der Waals surface area contributed by atoms with Crippen LogP contribution in [0.1, 0.15) is 17.7 Å². The molecule has 0 radical (unpaired) electrons. The van der Waals surface area contributed by atoms with Crippen molar-refractivity contribution in [2.45, 2.75) is 19.5 Å². The van der Waals surface area contributed by atoms with Crippen molar-refractivity contribution in [3.05, 3.63) is 54.1 Å². The molecule has 0 aliphatic heterocycles. The summed E-state index contributed by atoms with van der Waals surface area (Å²) in [5.74, 6) is 5.41. The van der Waals surface area contributed by atoms with Crippen LogP contribution in [0, 0.1) is 11.3 Å². The Balaban J connectivity index is 2.06. The summed E-state index contributed by atoms with van der Waals surface area (Å²) in [6.07, 6.45) is 5.79. The number of hydrogen-bond acceptors (Lipinski definition) is 6. The van der Waals surface area contributed by atoms with Crippen molar-refractivity contribution in [1.29, 1.82) is 5.26 Å². The zero-order valence-electron chi connectivity index (χ0n) is 11.7. The average molecular weight is 282 g/mol. The summed E-state index contributed by atoms with van der Waals surface area (Å²) in [5.41, 5.74) is 5.46. The van der Waals surface area contributed by atoms with Gasteiger partial charge in [0, 0.05) is 44.6 Å². The van der Waals surface area contributed by atoms with Gasteiger partial charge in [0.2, 0.25) is 0 Å². The number of pyridine rings is 2. The number of nitriles is 1. The van der Waals surface area contributed by atoms with Crippen molar-refractivity contribution in [2.75, 3.05) is 12.0 Å². The lowest BCUT2D eigenvalue weighted by Crippen LogP contribution is -2.24. The van der Waals surface area contributed by atoms with E-state index in [2.05, 4.69) is 26.4 Å². The predicted molar refractivity (Wildman–Crippen MR) is 80.6 cm³/mol. The van der Waals surface area contributed by atoms with Crippen LogP contribution in [0.2, 0.25) is 0 Å². The van der Waals surface area contributed by atoms with Crippen molar-refractivity contribution < 1.29 is 0 Å². The van der Waals surface area contributed by atoms with Crippen molar-refractivity contribution >= 4 is 5.69 Å². The topological polar surface area (TPSA) is 90.9 Å². The molecule has 2 aromatic heterocycles. The summed E-state index contributed by atoms with van der Waals surface area (Å²) in [6, 6.07) is 9.83. The molecule has 3 N–H and O–H groups in total. The van der Waals surface area contributed by atoms with E-state index in [1.165, 1.54) is 0 Å². The van der Waals surface area contributed by atoms with Crippen molar-refractivity contribution in [2.24, 2.45) is 5.84 Å². The minimum absolute atomic E-state index is 0.481. The lowest BCUT2D eigenvalue weighted by Gasteiger charge is -2.21. The molecule has 0 saturated carbocycles. The Morgan fingerprint density at radius 1 is 1.29 bits per heavy atom. The molecule has 108 valence electrons. The molecule has 0 aliphatic carbocycles. The molecule has 2 heterocycles. The maximum atomic E-state index is 8.80. The SMILES string of the molecule is N#CCCN(Cc1cccnc1)Cc1cc(NN)ccn1. The largest absolute Gasteiger partial charge is 0.324 e. The maximum absolute atomic E-state index is 8.80. The minimum Gasteiger partial charge on any atom is -0.324 e. The number of nitrogen functional groups attached to an aromatic ring is 1. The van der Waals surface area contributed by atoms with Crippen LogP contribution in [-0.2, 0) is 13.1 Å². The molecule has 0 amide bonds. The number of nitrogens with two attached hydrogens (primary N) is 1. The van der Waals surface area contributed by atoms with Crippen LogP contribution in [0.3, 0.4) is 0 Å². The van der Waals surface area contributed by atoms with Crippen LogP contribution in [0.25, 0.3) is 0 Å². The average Bonchev–Trinajstić information content (AvgIpc) is 2.54. The predicted octanol–water partition coefficient (Wildman–Crippen LogP) is 1.68. The number of anilines is 1. The first-order valence-electron chi connectivity index (χ1n) is 6.71. The second kappa shape index (κ2) is 7.94. The minimum atomic E-state index is 0.481. The van der Waals surface area contributed by atoms with E-state index >= 15 is 0 Å². The van der Waals surface area contributed by atoms with E-state index < -0.39 is 0 Å². The number of nitrogens with one attached hydrogen (secondary N) is 1. The smallest absolute Gasteiger partial charge is 0.0635 e. The van der Waals surface area contributed by atoms with Crippen molar-refractivity contribution in [1.82, 2.24) is 14.9 Å². The second-order valence-corrected chi connectivity index (χ2v) is 4.66. The highest BCUT2D eigenvalue weighted by atomic mass is 15.2. The quantitative estimate of drug-likeness (QED) is 0.593. The molecule has 0 bridgehead atoms. The molecular weight excluding hydrogens is 264 g/mol. The molecule has 0 aromatic carbocycles. The third kappa shape index (κ3) is 4.84. The molecule has 2 rings (SSSR count). The number of aromatic nitrogens is 2. The summed E-state index contributed by atoms with van der Waals surface area (Å²) in [6.45, 7) is 2.08. The van der Waals surface area contributed by atoms with Gasteiger partial charge in [0.15, 0.2) is 0 Å². The summed E-state index contributed by atoms with van der Waals surface area (Å²) >= 11 is 0. The van der Waals surface area contributed by atoms with E-state index in [0.29, 0.717) is 19.5 Å². The highest BCUT2D eigenvalue weighted by Gasteiger charge is 2.08. The third-order valence-electron chi connectivity index (χ3n) is 3.04. The summed E-state index contributed by atoms with van der Waals surface area (Å²) in [7, 11) is 0. The molecule has 0 atom stereocenters. The van der Waals surface area contributed by atoms with Gasteiger partial charge < -0.3 is 5.43 Å². The van der Waals surface area contributed by atoms with E-state index in [1.54, 1.807) is 12.4 Å². The highest BCUT2D eigenvalue weighted by molar-refractivity contribution is 5.41. The fourth-order valence-corrected chi connectivity index (χ4v) is 2.06. The Morgan fingerprint density at radius 3 is 2.90 bits per heavy atom. The lowest BCUT2D eigenvalue weighted by atomic mass is 10.2. The van der Waals surface area contributed by atoms with Crippen LogP contribution >= 0.6 is 0 Å². The van der Waals surface area contributed by atoms with E-state index in [4.69, 9.17) is 11.1 Å². The standard InChI is InChI=1S/C15H18N6/c16-5-2-8-21(11-13-3-1-6-18-10-13)12-15-9-14(20-17)4-7-19-15/h1,3-4,6-7,9-10H,2,8,11-12,17H2,(H,19,20). The van der Waals surface area contributed by atoms with Crippen LogP contribution < -0.4 is 11.3 Å². The van der Waals surface area contributed by atoms with Gasteiger partial charge in [-0.2, -0.15) is 5.26 Å². The fraction of sp³-hybridized carbons (Fsp3) is 0.267. The van der Waals surface area contributed by atoms with Crippen LogP contribution in [0.4, 0.5) is 5.69 Å². The molecule has 0 fully saturated rings. The number of rotatable bonds is 7. The van der Waals surface area contributed by atoms with Gasteiger partial charge in [0.25, 0.3) is 0 Å². The molecule has 6 nitrogen and oxygen atoms in total. The Kier molecular flexibility index (Phi) is 5.64. The Labute approximate surface area is 124 Å². The molecule has 0 spiro atoms. The molecule has 6 heteroatoms. The van der Waals surface area contributed by atoms with E-state index in [-0.39, 0.29) is 0 Å². The third-order valence-corrected chi connectivity index (χ3v) is 3.04. The molecule has 0 unspecified atom stereocenters. The van der Waals surface area contributed by atoms with Gasteiger partial charge in [0.1, 0.15) is 0 Å². The van der Waals surface area contributed by atoms with E-state index in [0.717, 1.165) is 23.5 Å². The van der Waals surface area contributed by atoms with Gasteiger partial charge in [0.05, 0.1) is 17.5 Å². The highest BCUT2D eigenvalue weighted by Crippen LogP contribution is 2.11. The lowest BCUT2D eigenvalue weighted by molar-refractivity contribution is 0.259. The Morgan fingerprint density at radius 2 is 2.19 bits per heavy atom. The van der Waals surface area contributed by atoms with Crippen LogP contribution in [0.15, 0.2) is 42.9 Å². The van der Waals surface area contributed by atoms with Crippen molar-refractivity contribution in [3.8, 4) is 6.07 Å². The van der Waals surface area contributed by atoms with Gasteiger partial charge in [-0.1, -0.05) is 6.07 Å². The number of hydrazine groups is 1. The van der Waals surface area contributed by atoms with Gasteiger partial charge in [-0.15, -0.1) is 0 Å². The number of hydrogen-bond donors (Lipinski definition) is 2. The Bertz CT molecular complexity index is 593. The van der Waals surface area contributed by atoms with Gasteiger partial charge in [-0.05, 0) is 23.8 Å². The summed E-state index contributed by atoms with van der Waals surface area (Å²) in [5, 5.41) is 8.80. The first kappa shape index (κ1) is 14.9. The maximum Gasteiger partial charge on any atom is 0.0635 e.